The molecule has 0 aliphatic carbocycles. The first-order valence-electron chi connectivity index (χ1n) is 6.42. The number of nitrogens with one attached hydrogen (secondary N) is 1. The third-order valence-corrected chi connectivity index (χ3v) is 3.39. The molecule has 1 N–H and O–H groups in total. The summed E-state index contributed by atoms with van der Waals surface area (Å²) in [7, 11) is 0. The number of carbonyl (C=O) groups is 1. The van der Waals surface area contributed by atoms with Crippen LogP contribution < -0.4 is 5.32 Å². The van der Waals surface area contributed by atoms with Crippen LogP contribution >= 0.6 is 11.6 Å². The first-order chi connectivity index (χ1) is 10.1. The first kappa shape index (κ1) is 13.6. The van der Waals surface area contributed by atoms with Crippen LogP contribution in [0.1, 0.15) is 0 Å². The Kier molecular flexibility index (Phi) is 3.62. The van der Waals surface area contributed by atoms with Gasteiger partial charge in [-0.1, -0.05) is 17.7 Å². The number of amides is 1. The van der Waals surface area contributed by atoms with Crippen LogP contribution in [0.5, 0.6) is 0 Å². The Balaban J connectivity index is 1.77. The Morgan fingerprint density at radius 1 is 1.19 bits per heavy atom. The van der Waals surface area contributed by atoms with Crippen molar-refractivity contribution in [1.29, 1.82) is 0 Å². The normalized spacial score (nSPS) is 10.8. The highest BCUT2D eigenvalue weighted by molar-refractivity contribution is 6.31. The van der Waals surface area contributed by atoms with Gasteiger partial charge in [0.2, 0.25) is 5.91 Å². The van der Waals surface area contributed by atoms with Crippen LogP contribution in [-0.2, 0) is 11.3 Å². The van der Waals surface area contributed by atoms with E-state index >= 15 is 0 Å². The van der Waals surface area contributed by atoms with Gasteiger partial charge in [0.25, 0.3) is 0 Å². The molecule has 0 aliphatic rings. The highest BCUT2D eigenvalue weighted by Gasteiger charge is 2.07. The summed E-state index contributed by atoms with van der Waals surface area (Å²) in [5, 5.41) is 4.30. The SMILES string of the molecule is O=C(Cn1ccc2cc(Cl)ccc21)Nc1cccc(F)c1. The Morgan fingerprint density at radius 2 is 2.05 bits per heavy atom. The molecule has 0 spiro atoms. The second-order valence-corrected chi connectivity index (χ2v) is 5.14. The molecule has 1 aromatic heterocycles. The second kappa shape index (κ2) is 5.58. The summed E-state index contributed by atoms with van der Waals surface area (Å²) in [6.07, 6.45) is 1.83. The molecule has 0 unspecified atom stereocenters. The fraction of sp³-hybridized carbons (Fsp3) is 0.0625. The summed E-state index contributed by atoms with van der Waals surface area (Å²) in [5.41, 5.74) is 1.37. The number of fused-ring (bicyclic) bond motifs is 1. The van der Waals surface area contributed by atoms with Crippen LogP contribution in [-0.4, -0.2) is 10.5 Å². The number of hydrogen-bond donors (Lipinski definition) is 1. The lowest BCUT2D eigenvalue weighted by molar-refractivity contribution is -0.116. The van der Waals surface area contributed by atoms with E-state index in [4.69, 9.17) is 11.6 Å². The molecule has 1 heterocycles. The monoisotopic (exact) mass is 302 g/mol. The van der Waals surface area contributed by atoms with Gasteiger partial charge in [-0.2, -0.15) is 0 Å². The van der Waals surface area contributed by atoms with Gasteiger partial charge in [-0.05, 0) is 42.5 Å². The van der Waals surface area contributed by atoms with E-state index in [-0.39, 0.29) is 18.3 Å². The summed E-state index contributed by atoms with van der Waals surface area (Å²) in [6, 6.07) is 13.2. The van der Waals surface area contributed by atoms with Crippen LogP contribution in [0.4, 0.5) is 10.1 Å². The molecule has 0 saturated carbocycles. The fourth-order valence-corrected chi connectivity index (χ4v) is 2.41. The van der Waals surface area contributed by atoms with Crippen molar-refractivity contribution in [3.05, 3.63) is 65.6 Å². The molecule has 3 rings (SSSR count). The molecule has 0 radical (unpaired) electrons. The van der Waals surface area contributed by atoms with Gasteiger partial charge in [-0.15, -0.1) is 0 Å². The van der Waals surface area contributed by atoms with Gasteiger partial charge in [-0.3, -0.25) is 4.79 Å². The zero-order valence-corrected chi connectivity index (χ0v) is 11.8. The summed E-state index contributed by atoms with van der Waals surface area (Å²) in [4.78, 5) is 12.0. The molecule has 1 amide bonds. The van der Waals surface area contributed by atoms with Gasteiger partial charge in [0.05, 0.1) is 0 Å². The quantitative estimate of drug-likeness (QED) is 0.777. The smallest absolute Gasteiger partial charge is 0.244 e. The van der Waals surface area contributed by atoms with E-state index in [2.05, 4.69) is 5.32 Å². The molecular weight excluding hydrogens is 291 g/mol. The molecule has 0 fully saturated rings. The lowest BCUT2D eigenvalue weighted by Crippen LogP contribution is -2.18. The maximum absolute atomic E-state index is 13.1. The third kappa shape index (κ3) is 3.06. The molecule has 21 heavy (non-hydrogen) atoms. The standard InChI is InChI=1S/C16H12ClFN2O/c17-12-4-5-15-11(8-12)6-7-20(15)10-16(21)19-14-3-1-2-13(18)9-14/h1-9H,10H2,(H,19,21). The van der Waals surface area contributed by atoms with E-state index in [0.29, 0.717) is 10.7 Å². The minimum atomic E-state index is -0.381. The molecule has 3 nitrogen and oxygen atoms in total. The molecule has 3 aromatic rings. The fourth-order valence-electron chi connectivity index (χ4n) is 2.23. The maximum Gasteiger partial charge on any atom is 0.244 e. The average molecular weight is 303 g/mol. The average Bonchev–Trinajstić information content (AvgIpc) is 2.81. The van der Waals surface area contributed by atoms with E-state index in [1.165, 1.54) is 12.1 Å². The van der Waals surface area contributed by atoms with Crippen molar-refractivity contribution in [2.24, 2.45) is 0 Å². The molecule has 0 saturated heterocycles. The lowest BCUT2D eigenvalue weighted by atomic mass is 10.2. The number of aromatic nitrogens is 1. The largest absolute Gasteiger partial charge is 0.338 e. The van der Waals surface area contributed by atoms with Crippen molar-refractivity contribution in [3.63, 3.8) is 0 Å². The van der Waals surface area contributed by atoms with Crippen LogP contribution in [0.15, 0.2) is 54.7 Å². The van der Waals surface area contributed by atoms with Gasteiger partial charge in [0.1, 0.15) is 12.4 Å². The molecule has 0 bridgehead atoms. The molecule has 106 valence electrons. The third-order valence-electron chi connectivity index (χ3n) is 3.16. The number of carbonyl (C=O) groups excluding carboxylic acids is 1. The molecule has 2 aromatic carbocycles. The minimum Gasteiger partial charge on any atom is -0.338 e. The Morgan fingerprint density at radius 3 is 2.86 bits per heavy atom. The number of nitrogens with zero attached hydrogens (tertiary/aromatic N) is 1. The van der Waals surface area contributed by atoms with E-state index in [9.17, 15) is 9.18 Å². The summed E-state index contributed by atoms with van der Waals surface area (Å²) in [5.74, 6) is -0.595. The summed E-state index contributed by atoms with van der Waals surface area (Å²) < 4.78 is 14.9. The number of benzene rings is 2. The van der Waals surface area contributed by atoms with Crippen LogP contribution in [0, 0.1) is 5.82 Å². The van der Waals surface area contributed by atoms with Crippen LogP contribution in [0.2, 0.25) is 5.02 Å². The van der Waals surface area contributed by atoms with Crippen molar-refractivity contribution < 1.29 is 9.18 Å². The number of halogens is 2. The number of rotatable bonds is 3. The Bertz CT molecular complexity index is 813. The molecular formula is C16H12ClFN2O. The van der Waals surface area contributed by atoms with Crippen molar-refractivity contribution in [2.75, 3.05) is 5.32 Å². The predicted octanol–water partition coefficient (Wildman–Crippen LogP) is 4.07. The van der Waals surface area contributed by atoms with Crippen molar-refractivity contribution in [2.45, 2.75) is 6.54 Å². The summed E-state index contributed by atoms with van der Waals surface area (Å²) in [6.45, 7) is 0.154. The molecule has 5 heteroatoms. The summed E-state index contributed by atoms with van der Waals surface area (Å²) >= 11 is 5.93. The predicted molar refractivity (Wildman–Crippen MR) is 82.0 cm³/mol. The number of anilines is 1. The van der Waals surface area contributed by atoms with E-state index in [1.54, 1.807) is 18.2 Å². The molecule has 0 aliphatic heterocycles. The maximum atomic E-state index is 13.1. The zero-order valence-electron chi connectivity index (χ0n) is 11.0. The van der Waals surface area contributed by atoms with Gasteiger partial charge in [0.15, 0.2) is 0 Å². The van der Waals surface area contributed by atoms with Crippen molar-refractivity contribution >= 4 is 34.1 Å². The van der Waals surface area contributed by atoms with Crippen molar-refractivity contribution in [3.8, 4) is 0 Å². The van der Waals surface area contributed by atoms with E-state index in [0.717, 1.165) is 10.9 Å². The first-order valence-corrected chi connectivity index (χ1v) is 6.79. The molecule has 0 atom stereocenters. The topological polar surface area (TPSA) is 34.0 Å². The van der Waals surface area contributed by atoms with Gasteiger partial charge >= 0.3 is 0 Å². The lowest BCUT2D eigenvalue weighted by Gasteiger charge is -2.07. The Hall–Kier alpha value is -2.33. The van der Waals surface area contributed by atoms with E-state index < -0.39 is 0 Å². The van der Waals surface area contributed by atoms with Gasteiger partial charge < -0.3 is 9.88 Å². The second-order valence-electron chi connectivity index (χ2n) is 4.71. The van der Waals surface area contributed by atoms with Gasteiger partial charge in [-0.25, -0.2) is 4.39 Å². The van der Waals surface area contributed by atoms with E-state index in [1.807, 2.05) is 29.0 Å². The highest BCUT2D eigenvalue weighted by Crippen LogP contribution is 2.20. The van der Waals surface area contributed by atoms with Crippen LogP contribution in [0.25, 0.3) is 10.9 Å². The zero-order chi connectivity index (χ0) is 14.8. The minimum absolute atomic E-state index is 0.154. The van der Waals surface area contributed by atoms with Crippen molar-refractivity contribution in [1.82, 2.24) is 4.57 Å². The van der Waals surface area contributed by atoms with Gasteiger partial charge in [0, 0.05) is 27.8 Å². The highest BCUT2D eigenvalue weighted by atomic mass is 35.5. The number of hydrogen-bond acceptors (Lipinski definition) is 1. The van der Waals surface area contributed by atoms with Crippen LogP contribution in [0.3, 0.4) is 0 Å². The Labute approximate surface area is 125 Å².